The van der Waals surface area contributed by atoms with Gasteiger partial charge in [0.1, 0.15) is 23.4 Å². The van der Waals surface area contributed by atoms with Crippen molar-refractivity contribution in [1.82, 2.24) is 0 Å². The van der Waals surface area contributed by atoms with Crippen molar-refractivity contribution in [2.45, 2.75) is 26.1 Å². The highest BCUT2D eigenvalue weighted by Crippen LogP contribution is 2.28. The normalized spacial score (nSPS) is 14.1. The van der Waals surface area contributed by atoms with Gasteiger partial charge in [-0.2, -0.15) is 0 Å². The van der Waals surface area contributed by atoms with E-state index in [1.54, 1.807) is 46.3 Å². The fourth-order valence-electron chi connectivity index (χ4n) is 1.16. The average molecular weight is 226 g/mol. The third-order valence-corrected chi connectivity index (χ3v) is 2.33. The second-order valence-electron chi connectivity index (χ2n) is 3.61. The number of hydrogen-bond donors (Lipinski definition) is 1. The third kappa shape index (κ3) is 3.31. The van der Waals surface area contributed by atoms with Crippen molar-refractivity contribution in [2.75, 3.05) is 14.2 Å². The van der Waals surface area contributed by atoms with Crippen molar-refractivity contribution < 1.29 is 19.3 Å². The van der Waals surface area contributed by atoms with Crippen molar-refractivity contribution in [1.29, 1.82) is 0 Å². The smallest absolute Gasteiger partial charge is 0.127 e. The van der Waals surface area contributed by atoms with Crippen LogP contribution in [0.1, 0.15) is 13.8 Å². The summed E-state index contributed by atoms with van der Waals surface area (Å²) >= 11 is 0. The fraction of sp³-hybridized carbons (Fsp3) is 0.500. The minimum absolute atomic E-state index is 0.281. The molecule has 1 unspecified atom stereocenters. The minimum Gasteiger partial charge on any atom is -0.496 e. The highest BCUT2D eigenvalue weighted by molar-refractivity contribution is 5.42. The molecule has 4 heteroatoms. The van der Waals surface area contributed by atoms with Crippen LogP contribution in [0.2, 0.25) is 0 Å². The Morgan fingerprint density at radius 3 is 1.75 bits per heavy atom. The van der Waals surface area contributed by atoms with Crippen LogP contribution < -0.4 is 14.2 Å². The van der Waals surface area contributed by atoms with Crippen molar-refractivity contribution >= 4 is 0 Å². The first-order chi connectivity index (χ1) is 7.56. The molecule has 1 aromatic rings. The van der Waals surface area contributed by atoms with Gasteiger partial charge in [-0.15, -0.1) is 0 Å². The molecule has 0 aliphatic rings. The molecule has 4 nitrogen and oxygen atoms in total. The molecule has 0 spiro atoms. The zero-order valence-corrected chi connectivity index (χ0v) is 10.1. The van der Waals surface area contributed by atoms with E-state index in [9.17, 15) is 5.11 Å². The van der Waals surface area contributed by atoms with E-state index in [1.807, 2.05) is 0 Å². The van der Waals surface area contributed by atoms with Crippen LogP contribution in [0.5, 0.6) is 17.2 Å². The Bertz CT molecular complexity index is 314. The van der Waals surface area contributed by atoms with Gasteiger partial charge in [0.15, 0.2) is 0 Å². The highest BCUT2D eigenvalue weighted by atomic mass is 16.5. The molecule has 0 aliphatic carbocycles. The lowest BCUT2D eigenvalue weighted by molar-refractivity contribution is 0.0601. The molecule has 0 bridgehead atoms. The Balaban J connectivity index is 2.86. The van der Waals surface area contributed by atoms with E-state index in [4.69, 9.17) is 14.2 Å². The molecule has 0 aromatic heterocycles. The van der Waals surface area contributed by atoms with Gasteiger partial charge in [-0.1, -0.05) is 0 Å². The van der Waals surface area contributed by atoms with Gasteiger partial charge in [0.25, 0.3) is 0 Å². The van der Waals surface area contributed by atoms with Crippen LogP contribution in [-0.2, 0) is 0 Å². The lowest BCUT2D eigenvalue weighted by Crippen LogP contribution is -2.25. The summed E-state index contributed by atoms with van der Waals surface area (Å²) in [5, 5.41) is 9.35. The van der Waals surface area contributed by atoms with E-state index in [0.717, 1.165) is 0 Å². The lowest BCUT2D eigenvalue weighted by atomic mass is 10.2. The van der Waals surface area contributed by atoms with Gasteiger partial charge in [-0.3, -0.25) is 0 Å². The molecular weight excluding hydrogens is 208 g/mol. The second kappa shape index (κ2) is 5.61. The van der Waals surface area contributed by atoms with Gasteiger partial charge in [0.2, 0.25) is 0 Å². The number of aliphatic hydroxyl groups is 1. The predicted octanol–water partition coefficient (Wildman–Crippen LogP) is 1.85. The average Bonchev–Trinajstić information content (AvgIpc) is 2.28. The Hall–Kier alpha value is -1.42. The molecular formula is C12H18O4. The Morgan fingerprint density at radius 2 is 1.38 bits per heavy atom. The van der Waals surface area contributed by atoms with Gasteiger partial charge in [0, 0.05) is 18.2 Å². The van der Waals surface area contributed by atoms with Crippen LogP contribution in [0.3, 0.4) is 0 Å². The van der Waals surface area contributed by atoms with Crippen LogP contribution >= 0.6 is 0 Å². The summed E-state index contributed by atoms with van der Waals surface area (Å²) in [5.41, 5.74) is 0. The predicted molar refractivity (Wildman–Crippen MR) is 61.3 cm³/mol. The number of aliphatic hydroxyl groups excluding tert-OH is 1. The monoisotopic (exact) mass is 226 g/mol. The SMILES string of the molecule is COc1cc(OC)cc(OC(C)[C@H](C)O)c1. The van der Waals surface area contributed by atoms with E-state index in [0.29, 0.717) is 17.2 Å². The van der Waals surface area contributed by atoms with Crippen molar-refractivity contribution in [2.24, 2.45) is 0 Å². The largest absolute Gasteiger partial charge is 0.496 e. The number of benzene rings is 1. The summed E-state index contributed by atoms with van der Waals surface area (Å²) in [6.45, 7) is 3.48. The molecule has 1 rings (SSSR count). The van der Waals surface area contributed by atoms with Crippen molar-refractivity contribution in [3.8, 4) is 17.2 Å². The van der Waals surface area contributed by atoms with Crippen LogP contribution in [0.25, 0.3) is 0 Å². The maximum Gasteiger partial charge on any atom is 0.127 e. The van der Waals surface area contributed by atoms with Crippen LogP contribution in [0, 0.1) is 0 Å². The Morgan fingerprint density at radius 1 is 0.938 bits per heavy atom. The quantitative estimate of drug-likeness (QED) is 0.832. The van der Waals surface area contributed by atoms with Gasteiger partial charge >= 0.3 is 0 Å². The summed E-state index contributed by atoms with van der Waals surface area (Å²) in [6.07, 6.45) is -0.811. The molecule has 16 heavy (non-hydrogen) atoms. The summed E-state index contributed by atoms with van der Waals surface area (Å²) in [5.74, 6) is 1.93. The first-order valence-corrected chi connectivity index (χ1v) is 5.14. The van der Waals surface area contributed by atoms with Crippen molar-refractivity contribution in [3.05, 3.63) is 18.2 Å². The molecule has 0 saturated heterocycles. The maximum atomic E-state index is 9.35. The molecule has 0 radical (unpaired) electrons. The molecule has 0 saturated carbocycles. The molecule has 2 atom stereocenters. The molecule has 1 N–H and O–H groups in total. The van der Waals surface area contributed by atoms with E-state index in [-0.39, 0.29) is 6.10 Å². The molecule has 0 heterocycles. The molecule has 90 valence electrons. The number of methoxy groups -OCH3 is 2. The van der Waals surface area contributed by atoms with Gasteiger partial charge in [0.05, 0.1) is 20.3 Å². The summed E-state index contributed by atoms with van der Waals surface area (Å²) in [4.78, 5) is 0. The first-order valence-electron chi connectivity index (χ1n) is 5.14. The van der Waals surface area contributed by atoms with Crippen molar-refractivity contribution in [3.63, 3.8) is 0 Å². The number of rotatable bonds is 5. The Kier molecular flexibility index (Phi) is 4.43. The van der Waals surface area contributed by atoms with Gasteiger partial charge in [-0.25, -0.2) is 0 Å². The van der Waals surface area contributed by atoms with E-state index < -0.39 is 6.10 Å². The van der Waals surface area contributed by atoms with E-state index >= 15 is 0 Å². The van der Waals surface area contributed by atoms with Gasteiger partial charge in [-0.05, 0) is 13.8 Å². The zero-order chi connectivity index (χ0) is 12.1. The third-order valence-electron chi connectivity index (χ3n) is 2.33. The molecule has 0 aliphatic heterocycles. The minimum atomic E-state index is -0.530. The van der Waals surface area contributed by atoms with Gasteiger partial charge < -0.3 is 19.3 Å². The summed E-state index contributed by atoms with van der Waals surface area (Å²) in [6, 6.07) is 5.27. The highest BCUT2D eigenvalue weighted by Gasteiger charge is 2.11. The summed E-state index contributed by atoms with van der Waals surface area (Å²) < 4.78 is 15.8. The zero-order valence-electron chi connectivity index (χ0n) is 10.1. The van der Waals surface area contributed by atoms with Crippen LogP contribution in [-0.4, -0.2) is 31.5 Å². The first kappa shape index (κ1) is 12.6. The number of ether oxygens (including phenoxy) is 3. The standard InChI is InChI=1S/C12H18O4/c1-8(13)9(2)16-12-6-10(14-3)5-11(7-12)15-4/h5-9,13H,1-4H3/t8-,9?/m0/s1. The van der Waals surface area contributed by atoms with Crippen LogP contribution in [0.15, 0.2) is 18.2 Å². The topological polar surface area (TPSA) is 47.9 Å². The van der Waals surface area contributed by atoms with E-state index in [1.165, 1.54) is 0 Å². The summed E-state index contributed by atoms with van der Waals surface area (Å²) in [7, 11) is 3.16. The fourth-order valence-corrected chi connectivity index (χ4v) is 1.16. The second-order valence-corrected chi connectivity index (χ2v) is 3.61. The lowest BCUT2D eigenvalue weighted by Gasteiger charge is -2.18. The van der Waals surface area contributed by atoms with E-state index in [2.05, 4.69) is 0 Å². The molecule has 1 aromatic carbocycles. The molecule has 0 amide bonds. The molecule has 0 fully saturated rings. The number of hydrogen-bond acceptors (Lipinski definition) is 4. The maximum absolute atomic E-state index is 9.35. The Labute approximate surface area is 95.8 Å². The van der Waals surface area contributed by atoms with Crippen LogP contribution in [0.4, 0.5) is 0 Å².